The number of carbonyl (C=O) groups is 1. The molecule has 2 nitrogen and oxygen atoms in total. The Hall–Kier alpha value is -1.41. The van der Waals surface area contributed by atoms with Gasteiger partial charge in [0.1, 0.15) is 0 Å². The van der Waals surface area contributed by atoms with Crippen LogP contribution in [0, 0.1) is 11.8 Å². The summed E-state index contributed by atoms with van der Waals surface area (Å²) < 4.78 is 6.11. The summed E-state index contributed by atoms with van der Waals surface area (Å²) in [5.74, 6) is 0.711. The van der Waals surface area contributed by atoms with Gasteiger partial charge >= 0.3 is 0 Å². The van der Waals surface area contributed by atoms with E-state index in [0.29, 0.717) is 11.7 Å². The summed E-state index contributed by atoms with van der Waals surface area (Å²) in [5.41, 5.74) is 3.63. The fraction of sp³-hybridized carbons (Fsp3) is 0.526. The molecule has 0 amide bonds. The molecule has 0 aromatic heterocycles. The van der Waals surface area contributed by atoms with Crippen LogP contribution in [-0.4, -0.2) is 5.78 Å². The van der Waals surface area contributed by atoms with Crippen LogP contribution in [-0.2, 0) is 9.53 Å². The third kappa shape index (κ3) is 1.92. The monoisotopic (exact) mass is 282 g/mol. The number of hydrogen-bond acceptors (Lipinski definition) is 2. The summed E-state index contributed by atoms with van der Waals surface area (Å²) >= 11 is 0. The van der Waals surface area contributed by atoms with Gasteiger partial charge in [0.25, 0.3) is 0 Å². The van der Waals surface area contributed by atoms with Crippen LogP contribution >= 0.6 is 0 Å². The Kier molecular flexibility index (Phi) is 3.22. The van der Waals surface area contributed by atoms with Gasteiger partial charge in [-0.1, -0.05) is 56.5 Å². The molecule has 1 aromatic carbocycles. The number of unbranched alkanes of at least 4 members (excludes halogenated alkanes) is 3. The van der Waals surface area contributed by atoms with Gasteiger partial charge in [-0.25, -0.2) is 0 Å². The quantitative estimate of drug-likeness (QED) is 0.742. The molecule has 1 aromatic rings. The molecule has 4 atom stereocenters. The summed E-state index contributed by atoms with van der Waals surface area (Å²) in [6, 6.07) is 8.41. The number of Topliss-reactive ketones (excluding diaryl/α,β-unsaturated/α-hetero) is 1. The smallest absolute Gasteiger partial charge is 0.165 e. The van der Waals surface area contributed by atoms with Crippen molar-refractivity contribution in [1.82, 2.24) is 0 Å². The highest BCUT2D eigenvalue weighted by molar-refractivity contribution is 6.01. The molecule has 1 aliphatic carbocycles. The van der Waals surface area contributed by atoms with Crippen molar-refractivity contribution in [2.45, 2.75) is 51.2 Å². The van der Waals surface area contributed by atoms with Crippen LogP contribution in [0.5, 0.6) is 0 Å². The number of carbonyl (C=O) groups excluding carboxylic acids is 1. The number of rotatable bonds is 5. The van der Waals surface area contributed by atoms with Gasteiger partial charge in [-0.05, 0) is 29.5 Å². The molecule has 0 saturated carbocycles. The van der Waals surface area contributed by atoms with Gasteiger partial charge in [-0.15, -0.1) is 0 Å². The molecule has 110 valence electrons. The summed E-state index contributed by atoms with van der Waals surface area (Å²) in [6.45, 7) is 2.22. The van der Waals surface area contributed by atoms with E-state index in [4.69, 9.17) is 4.74 Å². The SMILES string of the molecule is CCCCCCC1=C[C@@H]2[C@H](C1=O)[C@@H]1O[C@H]2c2ccccc21. The molecule has 0 N–H and O–H groups in total. The Morgan fingerprint density at radius 2 is 1.81 bits per heavy atom. The lowest BCUT2D eigenvalue weighted by atomic mass is 9.77. The maximum absolute atomic E-state index is 12.7. The van der Waals surface area contributed by atoms with Crippen molar-refractivity contribution in [3.05, 3.63) is 47.0 Å². The van der Waals surface area contributed by atoms with Crippen molar-refractivity contribution in [1.29, 1.82) is 0 Å². The Balaban J connectivity index is 1.53. The van der Waals surface area contributed by atoms with Gasteiger partial charge in [0.05, 0.1) is 18.1 Å². The van der Waals surface area contributed by atoms with Crippen LogP contribution in [0.25, 0.3) is 0 Å². The zero-order chi connectivity index (χ0) is 14.4. The second-order valence-electron chi connectivity index (χ2n) is 6.58. The molecule has 2 aliphatic heterocycles. The van der Waals surface area contributed by atoms with Crippen molar-refractivity contribution in [2.75, 3.05) is 0 Å². The first-order valence-electron chi connectivity index (χ1n) is 8.30. The van der Waals surface area contributed by atoms with Gasteiger partial charge in [-0.2, -0.15) is 0 Å². The van der Waals surface area contributed by atoms with Gasteiger partial charge < -0.3 is 4.74 Å². The van der Waals surface area contributed by atoms with Crippen LogP contribution in [0.1, 0.15) is 62.4 Å². The van der Waals surface area contributed by atoms with E-state index in [0.717, 1.165) is 18.4 Å². The fourth-order valence-electron chi connectivity index (χ4n) is 4.28. The number of allylic oxidation sites excluding steroid dienone is 1. The second kappa shape index (κ2) is 5.10. The molecule has 2 heterocycles. The van der Waals surface area contributed by atoms with Gasteiger partial charge in [0.15, 0.2) is 5.78 Å². The summed E-state index contributed by atoms with van der Waals surface area (Å²) in [5, 5.41) is 0. The summed E-state index contributed by atoms with van der Waals surface area (Å²) in [4.78, 5) is 12.7. The molecule has 4 rings (SSSR count). The highest BCUT2D eigenvalue weighted by Crippen LogP contribution is 2.60. The summed E-state index contributed by atoms with van der Waals surface area (Å²) in [6.07, 6.45) is 8.22. The predicted molar refractivity (Wildman–Crippen MR) is 81.8 cm³/mol. The minimum absolute atomic E-state index is 0.00749. The van der Waals surface area contributed by atoms with E-state index in [-0.39, 0.29) is 18.1 Å². The highest BCUT2D eigenvalue weighted by atomic mass is 16.5. The maximum Gasteiger partial charge on any atom is 0.165 e. The minimum atomic E-state index is 0.00749. The van der Waals surface area contributed by atoms with E-state index in [9.17, 15) is 4.79 Å². The first-order valence-corrected chi connectivity index (χ1v) is 8.30. The summed E-state index contributed by atoms with van der Waals surface area (Å²) in [7, 11) is 0. The fourth-order valence-corrected chi connectivity index (χ4v) is 4.28. The largest absolute Gasteiger partial charge is 0.364 e. The zero-order valence-corrected chi connectivity index (χ0v) is 12.5. The lowest BCUT2D eigenvalue weighted by Crippen LogP contribution is -2.23. The van der Waals surface area contributed by atoms with E-state index in [1.807, 2.05) is 0 Å². The first-order chi connectivity index (χ1) is 10.3. The van der Waals surface area contributed by atoms with Gasteiger partial charge in [0, 0.05) is 5.92 Å². The average molecular weight is 282 g/mol. The van der Waals surface area contributed by atoms with Crippen LogP contribution in [0.15, 0.2) is 35.9 Å². The molecule has 1 fully saturated rings. The molecule has 0 unspecified atom stereocenters. The number of fused-ring (bicyclic) bond motifs is 8. The van der Waals surface area contributed by atoms with E-state index in [1.165, 1.54) is 30.4 Å². The Labute approximate surface area is 126 Å². The molecule has 0 radical (unpaired) electrons. The Morgan fingerprint density at radius 1 is 1.05 bits per heavy atom. The number of ketones is 1. The topological polar surface area (TPSA) is 26.3 Å². The van der Waals surface area contributed by atoms with Gasteiger partial charge in [0.2, 0.25) is 0 Å². The molecule has 1 saturated heterocycles. The minimum Gasteiger partial charge on any atom is -0.364 e. The predicted octanol–water partition coefficient (Wildman–Crippen LogP) is 4.52. The Morgan fingerprint density at radius 3 is 2.57 bits per heavy atom. The van der Waals surface area contributed by atoms with E-state index in [1.54, 1.807) is 0 Å². The molecule has 3 aliphatic rings. The lowest BCUT2D eigenvalue weighted by Gasteiger charge is -2.21. The van der Waals surface area contributed by atoms with Crippen molar-refractivity contribution < 1.29 is 9.53 Å². The maximum atomic E-state index is 12.7. The third-order valence-corrected chi connectivity index (χ3v) is 5.31. The van der Waals surface area contributed by atoms with Crippen LogP contribution in [0.4, 0.5) is 0 Å². The van der Waals surface area contributed by atoms with Crippen molar-refractivity contribution in [2.24, 2.45) is 11.8 Å². The lowest BCUT2D eigenvalue weighted by molar-refractivity contribution is -0.120. The molecular weight excluding hydrogens is 260 g/mol. The molecular formula is C19H22O2. The molecule has 0 spiro atoms. The standard InChI is InChI=1S/C19H22O2/c1-2-3-4-5-8-12-11-15-16(17(12)20)19-14-10-7-6-9-13(14)18(15)21-19/h6-7,9-11,15-16,18-19H,2-5,8H2,1H3/t15-,16-,18+,19-/m1/s1. The van der Waals surface area contributed by atoms with E-state index >= 15 is 0 Å². The normalized spacial score (nSPS) is 32.2. The van der Waals surface area contributed by atoms with Crippen molar-refractivity contribution >= 4 is 5.78 Å². The first kappa shape index (κ1) is 13.3. The van der Waals surface area contributed by atoms with E-state index < -0.39 is 0 Å². The zero-order valence-electron chi connectivity index (χ0n) is 12.5. The van der Waals surface area contributed by atoms with Crippen molar-refractivity contribution in [3.63, 3.8) is 0 Å². The second-order valence-corrected chi connectivity index (χ2v) is 6.58. The average Bonchev–Trinajstić information content (AvgIpc) is 3.15. The van der Waals surface area contributed by atoms with E-state index in [2.05, 4.69) is 37.3 Å². The van der Waals surface area contributed by atoms with Gasteiger partial charge in [-0.3, -0.25) is 4.79 Å². The van der Waals surface area contributed by atoms with Crippen molar-refractivity contribution in [3.8, 4) is 0 Å². The third-order valence-electron chi connectivity index (χ3n) is 5.31. The van der Waals surface area contributed by atoms with Crippen LogP contribution in [0.2, 0.25) is 0 Å². The molecule has 2 heteroatoms. The molecule has 21 heavy (non-hydrogen) atoms. The van der Waals surface area contributed by atoms with Crippen LogP contribution in [0.3, 0.4) is 0 Å². The van der Waals surface area contributed by atoms with Crippen LogP contribution < -0.4 is 0 Å². The number of ether oxygens (including phenoxy) is 1. The molecule has 2 bridgehead atoms. The number of hydrogen-bond donors (Lipinski definition) is 0. The Bertz CT molecular complexity index is 601. The highest BCUT2D eigenvalue weighted by Gasteiger charge is 2.57. The number of benzene rings is 1.